The van der Waals surface area contributed by atoms with Crippen molar-refractivity contribution in [2.24, 2.45) is 0 Å². The lowest BCUT2D eigenvalue weighted by Crippen LogP contribution is -2.33. The van der Waals surface area contributed by atoms with E-state index in [4.69, 9.17) is 0 Å². The van der Waals surface area contributed by atoms with Crippen LogP contribution < -0.4 is 5.32 Å². The molecule has 0 saturated carbocycles. The van der Waals surface area contributed by atoms with Gasteiger partial charge in [-0.05, 0) is 71.6 Å². The maximum Gasteiger partial charge on any atom is 0.419 e. The number of rotatable bonds is 6. The van der Waals surface area contributed by atoms with E-state index in [0.717, 1.165) is 18.2 Å². The van der Waals surface area contributed by atoms with Crippen LogP contribution in [0, 0.1) is 24.4 Å². The minimum atomic E-state index is -5.12. The van der Waals surface area contributed by atoms with Gasteiger partial charge in [0.05, 0.1) is 17.2 Å². The summed E-state index contributed by atoms with van der Waals surface area (Å²) in [5.74, 6) is -5.82. The van der Waals surface area contributed by atoms with Gasteiger partial charge in [-0.3, -0.25) is 4.79 Å². The molecular weight excluding hydrogens is 561 g/mol. The second kappa shape index (κ2) is 11.3. The van der Waals surface area contributed by atoms with E-state index in [2.05, 4.69) is 5.32 Å². The van der Waals surface area contributed by atoms with E-state index in [9.17, 15) is 44.3 Å². The van der Waals surface area contributed by atoms with Gasteiger partial charge in [0, 0.05) is 11.5 Å². The van der Waals surface area contributed by atoms with E-state index >= 15 is 0 Å². The number of alkyl halides is 6. The van der Waals surface area contributed by atoms with E-state index < -0.39 is 64.4 Å². The van der Waals surface area contributed by atoms with Crippen LogP contribution in [0.2, 0.25) is 0 Å². The predicted molar refractivity (Wildman–Crippen MR) is 132 cm³/mol. The van der Waals surface area contributed by atoms with E-state index in [1.54, 1.807) is 18.2 Å². The van der Waals surface area contributed by atoms with Gasteiger partial charge in [-0.15, -0.1) is 0 Å². The van der Waals surface area contributed by atoms with Gasteiger partial charge in [-0.25, -0.2) is 13.2 Å². The van der Waals surface area contributed by atoms with Gasteiger partial charge < -0.3 is 5.32 Å². The van der Waals surface area contributed by atoms with Crippen molar-refractivity contribution in [1.29, 1.82) is 0 Å². The Balaban J connectivity index is 1.92. The summed E-state index contributed by atoms with van der Waals surface area (Å²) in [4.78, 5) is 13.3. The Labute approximate surface area is 228 Å². The Morgan fingerprint density at radius 3 is 1.95 bits per heavy atom. The number of aryl methyl sites for hydroxylation is 1. The molecule has 2 unspecified atom stereocenters. The maximum atomic E-state index is 14.6. The van der Waals surface area contributed by atoms with Crippen molar-refractivity contribution in [3.63, 3.8) is 0 Å². The van der Waals surface area contributed by atoms with Gasteiger partial charge >= 0.3 is 12.4 Å². The molecule has 0 spiro atoms. The zero-order valence-corrected chi connectivity index (χ0v) is 21.0. The monoisotopic (exact) mass is 581 g/mol. The largest absolute Gasteiger partial charge is 0.419 e. The molecular formula is C30H20F9NO. The fourth-order valence-electron chi connectivity index (χ4n) is 4.52. The fraction of sp³-hybridized carbons (Fsp3) is 0.167. The molecule has 0 aliphatic rings. The van der Waals surface area contributed by atoms with Crippen molar-refractivity contribution in [2.45, 2.75) is 31.2 Å². The fourth-order valence-corrected chi connectivity index (χ4v) is 4.52. The number of hydrogen-bond acceptors (Lipinski definition) is 1. The average molecular weight is 581 g/mol. The molecule has 1 amide bonds. The van der Waals surface area contributed by atoms with Crippen LogP contribution in [-0.4, -0.2) is 5.91 Å². The first-order valence-corrected chi connectivity index (χ1v) is 12.0. The minimum Gasteiger partial charge on any atom is -0.344 e. The molecule has 214 valence electrons. The molecule has 0 radical (unpaired) electrons. The molecule has 0 aliphatic heterocycles. The molecule has 4 aromatic rings. The molecule has 1 N–H and O–H groups in total. The molecule has 0 bridgehead atoms. The third-order valence-electron chi connectivity index (χ3n) is 6.46. The van der Waals surface area contributed by atoms with Crippen LogP contribution in [0.15, 0.2) is 84.9 Å². The summed E-state index contributed by atoms with van der Waals surface area (Å²) in [5, 5.41) is 2.51. The summed E-state index contributed by atoms with van der Waals surface area (Å²) in [6, 6.07) is 13.5. The molecule has 41 heavy (non-hydrogen) atoms. The zero-order valence-electron chi connectivity index (χ0n) is 21.0. The summed E-state index contributed by atoms with van der Waals surface area (Å²) in [7, 11) is 0. The van der Waals surface area contributed by atoms with Crippen LogP contribution in [0.25, 0.3) is 0 Å². The summed E-state index contributed by atoms with van der Waals surface area (Å²) in [6.07, 6.45) is -10.0. The van der Waals surface area contributed by atoms with Gasteiger partial charge in [-0.1, -0.05) is 42.5 Å². The smallest absolute Gasteiger partial charge is 0.344 e. The summed E-state index contributed by atoms with van der Waals surface area (Å²) < 4.78 is 123. The van der Waals surface area contributed by atoms with Crippen molar-refractivity contribution in [1.82, 2.24) is 5.32 Å². The Morgan fingerprint density at radius 2 is 1.34 bits per heavy atom. The third kappa shape index (κ3) is 6.72. The molecule has 0 fully saturated rings. The second-order valence-electron chi connectivity index (χ2n) is 9.31. The van der Waals surface area contributed by atoms with Crippen LogP contribution in [0.4, 0.5) is 39.5 Å². The van der Waals surface area contributed by atoms with Gasteiger partial charge in [0.1, 0.15) is 17.5 Å². The highest BCUT2D eigenvalue weighted by molar-refractivity contribution is 5.94. The normalized spacial score (nSPS) is 13.5. The average Bonchev–Trinajstić information content (AvgIpc) is 2.89. The van der Waals surface area contributed by atoms with Crippen molar-refractivity contribution >= 4 is 5.91 Å². The van der Waals surface area contributed by atoms with E-state index in [1.165, 1.54) is 31.2 Å². The maximum absolute atomic E-state index is 14.6. The number of hydrogen-bond donors (Lipinski definition) is 1. The topological polar surface area (TPSA) is 29.1 Å². The van der Waals surface area contributed by atoms with Gasteiger partial charge in [0.15, 0.2) is 0 Å². The molecule has 0 saturated heterocycles. The lowest BCUT2D eigenvalue weighted by molar-refractivity contribution is -0.140. The summed E-state index contributed by atoms with van der Waals surface area (Å²) in [6.45, 7) is 1.40. The van der Waals surface area contributed by atoms with Crippen molar-refractivity contribution in [3.8, 4) is 0 Å². The quantitative estimate of drug-likeness (QED) is 0.227. The number of benzene rings is 4. The molecule has 0 aliphatic carbocycles. The molecule has 11 heteroatoms. The third-order valence-corrected chi connectivity index (χ3v) is 6.46. The van der Waals surface area contributed by atoms with Crippen LogP contribution in [-0.2, 0) is 12.4 Å². The molecule has 0 aromatic heterocycles. The molecule has 4 rings (SSSR count). The lowest BCUT2D eigenvalue weighted by atomic mass is 9.80. The highest BCUT2D eigenvalue weighted by atomic mass is 19.4. The summed E-state index contributed by atoms with van der Waals surface area (Å²) in [5.41, 5.74) is -3.22. The first-order chi connectivity index (χ1) is 19.1. The SMILES string of the molecule is Cc1cc(C(NC(=O)c2ccc(F)c(C(F)(F)F)c2)C(c2ccccc2)c2cc(F)cc(C(F)(F)F)c2)ccc1F. The van der Waals surface area contributed by atoms with Gasteiger partial charge in [0.2, 0.25) is 0 Å². The standard InChI is InChI=1S/C30H20F9NO/c1-16-11-18(7-9-24(16)32)27(40-28(41)19-8-10-25(33)23(14-19)30(37,38)39)26(17-5-3-2-4-6-17)20-12-21(29(34,35)36)15-22(31)13-20/h2-15,26-27H,1H3,(H,40,41). The Morgan fingerprint density at radius 1 is 0.683 bits per heavy atom. The van der Waals surface area contributed by atoms with Crippen LogP contribution in [0.1, 0.15) is 55.7 Å². The molecule has 0 heterocycles. The lowest BCUT2D eigenvalue weighted by Gasteiger charge is -2.30. The highest BCUT2D eigenvalue weighted by Gasteiger charge is 2.37. The molecule has 2 nitrogen and oxygen atoms in total. The Kier molecular flexibility index (Phi) is 8.19. The predicted octanol–water partition coefficient (Wildman–Crippen LogP) is 8.75. The first-order valence-electron chi connectivity index (χ1n) is 12.0. The number of halogens is 9. The zero-order chi connectivity index (χ0) is 30.1. The van der Waals surface area contributed by atoms with Crippen LogP contribution in [0.3, 0.4) is 0 Å². The van der Waals surface area contributed by atoms with Crippen molar-refractivity contribution in [3.05, 3.63) is 141 Å². The number of nitrogens with one attached hydrogen (secondary N) is 1. The van der Waals surface area contributed by atoms with Gasteiger partial charge in [-0.2, -0.15) is 26.3 Å². The minimum absolute atomic E-state index is 0.102. The Hall–Kier alpha value is -4.28. The van der Waals surface area contributed by atoms with Crippen molar-refractivity contribution in [2.75, 3.05) is 0 Å². The summed E-state index contributed by atoms with van der Waals surface area (Å²) >= 11 is 0. The van der Waals surface area contributed by atoms with E-state index in [1.807, 2.05) is 0 Å². The molecule has 2 atom stereocenters. The van der Waals surface area contributed by atoms with Gasteiger partial charge in [0.25, 0.3) is 5.91 Å². The van der Waals surface area contributed by atoms with E-state index in [-0.39, 0.29) is 16.7 Å². The van der Waals surface area contributed by atoms with Crippen LogP contribution in [0.5, 0.6) is 0 Å². The number of carbonyl (C=O) groups is 1. The number of amides is 1. The molecule has 4 aromatic carbocycles. The first kappa shape index (κ1) is 29.7. The van der Waals surface area contributed by atoms with E-state index in [0.29, 0.717) is 29.8 Å². The second-order valence-corrected chi connectivity index (χ2v) is 9.31. The van der Waals surface area contributed by atoms with Crippen molar-refractivity contribution < 1.29 is 44.3 Å². The van der Waals surface area contributed by atoms with Crippen LogP contribution >= 0.6 is 0 Å². The number of carbonyl (C=O) groups excluding carboxylic acids is 1. The Bertz CT molecular complexity index is 1560. The highest BCUT2D eigenvalue weighted by Crippen LogP contribution is 2.41.